The van der Waals surface area contributed by atoms with Crippen molar-refractivity contribution in [2.45, 2.75) is 44.4 Å². The lowest BCUT2D eigenvalue weighted by atomic mass is 9.93. The summed E-state index contributed by atoms with van der Waals surface area (Å²) in [6, 6.07) is 2.91. The number of halogens is 1. The van der Waals surface area contributed by atoms with Crippen LogP contribution in [0.3, 0.4) is 0 Å². The molecule has 1 fully saturated rings. The van der Waals surface area contributed by atoms with E-state index < -0.39 is 11.9 Å². The van der Waals surface area contributed by atoms with E-state index in [1.54, 1.807) is 13.1 Å². The fraction of sp³-hybridized carbons (Fsp3) is 0.471. The number of fused-ring (bicyclic) bond motifs is 1. The second-order valence-electron chi connectivity index (χ2n) is 6.28. The van der Waals surface area contributed by atoms with Crippen LogP contribution in [-0.2, 0) is 18.4 Å². The average molecular weight is 349 g/mol. The van der Waals surface area contributed by atoms with E-state index in [0.29, 0.717) is 42.3 Å². The number of hydrogen-bond donors (Lipinski definition) is 2. The summed E-state index contributed by atoms with van der Waals surface area (Å²) < 4.78 is 21.5. The quantitative estimate of drug-likeness (QED) is 0.882. The van der Waals surface area contributed by atoms with Crippen molar-refractivity contribution in [1.29, 1.82) is 0 Å². The molecule has 0 saturated heterocycles. The van der Waals surface area contributed by atoms with Crippen molar-refractivity contribution >= 4 is 17.1 Å². The van der Waals surface area contributed by atoms with Gasteiger partial charge in [-0.15, -0.1) is 0 Å². The van der Waals surface area contributed by atoms with Gasteiger partial charge in [0.1, 0.15) is 5.82 Å². The van der Waals surface area contributed by atoms with E-state index >= 15 is 0 Å². The Labute approximate surface area is 143 Å². The number of amides is 1. The summed E-state index contributed by atoms with van der Waals surface area (Å²) in [6.45, 7) is 0.0455. The minimum Gasteiger partial charge on any atom is -0.465 e. The van der Waals surface area contributed by atoms with Gasteiger partial charge in [0.05, 0.1) is 29.9 Å². The highest BCUT2D eigenvalue weighted by Gasteiger charge is 2.23. The molecule has 0 unspecified atom stereocenters. The molecule has 0 atom stereocenters. The molecular formula is C17H20FN3O4. The van der Waals surface area contributed by atoms with Gasteiger partial charge in [0, 0.05) is 24.7 Å². The van der Waals surface area contributed by atoms with Gasteiger partial charge >= 0.3 is 6.09 Å². The molecule has 0 radical (unpaired) electrons. The third-order valence-electron chi connectivity index (χ3n) is 4.65. The Morgan fingerprint density at radius 3 is 2.80 bits per heavy atom. The lowest BCUT2D eigenvalue weighted by molar-refractivity contribution is 0.0107. The summed E-state index contributed by atoms with van der Waals surface area (Å²) in [5.41, 5.74) is 1.06. The number of aromatic nitrogens is 2. The second kappa shape index (κ2) is 7.18. The van der Waals surface area contributed by atoms with Gasteiger partial charge in [0.15, 0.2) is 0 Å². The van der Waals surface area contributed by atoms with Gasteiger partial charge < -0.3 is 19.7 Å². The van der Waals surface area contributed by atoms with Gasteiger partial charge in [-0.1, -0.05) is 0 Å². The first-order valence-corrected chi connectivity index (χ1v) is 8.20. The summed E-state index contributed by atoms with van der Waals surface area (Å²) in [6.07, 6.45) is 2.84. The van der Waals surface area contributed by atoms with Gasteiger partial charge in [0.2, 0.25) is 0 Å². The first-order valence-electron chi connectivity index (χ1n) is 8.20. The Balaban J connectivity index is 1.72. The molecule has 1 aliphatic rings. The Hall–Kier alpha value is -2.48. The van der Waals surface area contributed by atoms with Crippen LogP contribution in [0.1, 0.15) is 31.2 Å². The van der Waals surface area contributed by atoms with Crippen LogP contribution in [0.25, 0.3) is 11.0 Å². The van der Waals surface area contributed by atoms with E-state index in [2.05, 4.69) is 10.3 Å². The maximum atomic E-state index is 14.3. The lowest BCUT2D eigenvalue weighted by Gasteiger charge is -2.28. The number of rotatable bonds is 4. The number of carbonyl (C=O) groups is 1. The number of hydrogen-bond acceptors (Lipinski definition) is 4. The molecule has 2 aromatic rings. The molecule has 2 N–H and O–H groups in total. The predicted octanol–water partition coefficient (Wildman–Crippen LogP) is 2.17. The van der Waals surface area contributed by atoms with E-state index in [-0.39, 0.29) is 24.3 Å². The van der Waals surface area contributed by atoms with Crippen molar-refractivity contribution < 1.29 is 19.0 Å². The van der Waals surface area contributed by atoms with Crippen molar-refractivity contribution in [3.05, 3.63) is 40.1 Å². The molecule has 2 heterocycles. The third-order valence-corrected chi connectivity index (χ3v) is 4.65. The van der Waals surface area contributed by atoms with Crippen LogP contribution >= 0.6 is 0 Å². The second-order valence-corrected chi connectivity index (χ2v) is 6.28. The maximum Gasteiger partial charge on any atom is 0.404 e. The molecule has 0 aromatic carbocycles. The van der Waals surface area contributed by atoms with Gasteiger partial charge in [-0.05, 0) is 31.7 Å². The van der Waals surface area contributed by atoms with E-state index in [0.717, 1.165) is 6.20 Å². The predicted molar refractivity (Wildman–Crippen MR) is 88.9 cm³/mol. The summed E-state index contributed by atoms with van der Waals surface area (Å²) in [4.78, 5) is 26.5. The van der Waals surface area contributed by atoms with Crippen molar-refractivity contribution in [2.24, 2.45) is 7.05 Å². The molecule has 8 heteroatoms. The van der Waals surface area contributed by atoms with Crippen LogP contribution in [0.5, 0.6) is 0 Å². The van der Waals surface area contributed by atoms with Crippen LogP contribution in [0, 0.1) is 5.82 Å². The van der Waals surface area contributed by atoms with Crippen LogP contribution in [0.15, 0.2) is 23.1 Å². The molecule has 0 aliphatic heterocycles. The topological polar surface area (TPSA) is 93.5 Å². The van der Waals surface area contributed by atoms with Gasteiger partial charge in [-0.2, -0.15) is 0 Å². The number of pyridine rings is 2. The minimum atomic E-state index is -1.02. The fourth-order valence-electron chi connectivity index (χ4n) is 3.29. The summed E-state index contributed by atoms with van der Waals surface area (Å²) in [7, 11) is 1.58. The Morgan fingerprint density at radius 1 is 1.40 bits per heavy atom. The van der Waals surface area contributed by atoms with Crippen LogP contribution < -0.4 is 10.9 Å². The molecule has 7 nitrogen and oxygen atoms in total. The Morgan fingerprint density at radius 2 is 2.12 bits per heavy atom. The number of carboxylic acid groups (broad SMARTS) is 1. The molecule has 0 bridgehead atoms. The number of aryl methyl sites for hydroxylation is 1. The Kier molecular flexibility index (Phi) is 4.98. The largest absolute Gasteiger partial charge is 0.465 e. The molecule has 134 valence electrons. The minimum absolute atomic E-state index is 0.0455. The van der Waals surface area contributed by atoms with Crippen molar-refractivity contribution in [3.63, 3.8) is 0 Å². The van der Waals surface area contributed by atoms with E-state index in [1.807, 2.05) is 0 Å². The molecule has 3 rings (SSSR count). The van der Waals surface area contributed by atoms with Crippen molar-refractivity contribution in [3.8, 4) is 0 Å². The highest BCUT2D eigenvalue weighted by atomic mass is 19.1. The Bertz CT molecular complexity index is 844. The van der Waals surface area contributed by atoms with E-state index in [1.165, 1.54) is 10.6 Å². The smallest absolute Gasteiger partial charge is 0.404 e. The molecule has 0 spiro atoms. The van der Waals surface area contributed by atoms with Gasteiger partial charge in [0.25, 0.3) is 5.56 Å². The fourth-order valence-corrected chi connectivity index (χ4v) is 3.29. The van der Waals surface area contributed by atoms with Crippen molar-refractivity contribution in [2.75, 3.05) is 0 Å². The lowest BCUT2D eigenvalue weighted by Crippen LogP contribution is -2.38. The zero-order chi connectivity index (χ0) is 18.0. The normalized spacial score (nSPS) is 20.6. The monoisotopic (exact) mass is 349 g/mol. The van der Waals surface area contributed by atoms with E-state index in [9.17, 15) is 14.0 Å². The number of nitrogens with zero attached hydrogens (tertiary/aromatic N) is 2. The van der Waals surface area contributed by atoms with Crippen LogP contribution in [0.2, 0.25) is 0 Å². The number of nitrogens with one attached hydrogen (secondary N) is 1. The zero-order valence-electron chi connectivity index (χ0n) is 13.9. The SMILES string of the molecule is Cn1c(=O)ccc2ncc(F)c(CO[C@H]3CC[C@H](NC(=O)O)CC3)c21. The first-order chi connectivity index (χ1) is 12.0. The summed E-state index contributed by atoms with van der Waals surface area (Å²) >= 11 is 0. The van der Waals surface area contributed by atoms with Crippen molar-refractivity contribution in [1.82, 2.24) is 14.9 Å². The number of ether oxygens (including phenoxy) is 1. The zero-order valence-corrected chi connectivity index (χ0v) is 13.9. The highest BCUT2D eigenvalue weighted by molar-refractivity contribution is 5.78. The standard InChI is InChI=1S/C17H20FN3O4/c1-21-15(22)7-6-14-16(21)12(13(18)8-19-14)9-25-11-4-2-10(3-5-11)20-17(23)24/h6-8,10-11,20H,2-5,9H2,1H3,(H,23,24)/t10-,11-. The van der Waals surface area contributed by atoms with Crippen LogP contribution in [0.4, 0.5) is 9.18 Å². The third kappa shape index (κ3) is 3.79. The average Bonchev–Trinajstić information content (AvgIpc) is 2.58. The van der Waals surface area contributed by atoms with E-state index in [4.69, 9.17) is 9.84 Å². The molecule has 1 aliphatic carbocycles. The molecular weight excluding hydrogens is 329 g/mol. The van der Waals surface area contributed by atoms with Gasteiger partial charge in [-0.25, -0.2) is 9.18 Å². The van der Waals surface area contributed by atoms with Crippen LogP contribution in [-0.4, -0.2) is 32.9 Å². The molecule has 1 saturated carbocycles. The molecule has 1 amide bonds. The maximum absolute atomic E-state index is 14.3. The summed E-state index contributed by atoms with van der Waals surface area (Å²) in [5, 5.41) is 11.2. The molecule has 2 aromatic heterocycles. The first kappa shape index (κ1) is 17.3. The summed E-state index contributed by atoms with van der Waals surface area (Å²) in [5.74, 6) is -0.505. The molecule has 25 heavy (non-hydrogen) atoms. The van der Waals surface area contributed by atoms with Gasteiger partial charge in [-0.3, -0.25) is 9.78 Å². The highest BCUT2D eigenvalue weighted by Crippen LogP contribution is 2.24.